The van der Waals surface area contributed by atoms with E-state index in [1.807, 2.05) is 6.07 Å². The summed E-state index contributed by atoms with van der Waals surface area (Å²) in [7, 11) is 1.21. The maximum absolute atomic E-state index is 11.3. The number of amides is 1. The molecule has 0 spiro atoms. The summed E-state index contributed by atoms with van der Waals surface area (Å²) in [6.07, 6.45) is 0. The third kappa shape index (κ3) is 4.38. The Kier molecular flexibility index (Phi) is 4.75. The fraction of sp³-hybridized carbons (Fsp3) is 0.167. The molecule has 17 heavy (non-hydrogen) atoms. The smallest absolute Gasteiger partial charge is 0.353 e. The van der Waals surface area contributed by atoms with Crippen molar-refractivity contribution in [3.8, 4) is 5.75 Å². The van der Waals surface area contributed by atoms with Gasteiger partial charge in [0.1, 0.15) is 11.4 Å². The highest BCUT2D eigenvalue weighted by Crippen LogP contribution is 2.07. The molecule has 1 amide bonds. The topological polar surface area (TPSA) is 64.6 Å². The minimum atomic E-state index is -0.682. The van der Waals surface area contributed by atoms with Crippen LogP contribution in [0.25, 0.3) is 0 Å². The molecular weight excluding hydrogens is 222 g/mol. The minimum absolute atomic E-state index is 0.117. The van der Waals surface area contributed by atoms with Crippen molar-refractivity contribution in [1.29, 1.82) is 0 Å². The van der Waals surface area contributed by atoms with E-state index in [9.17, 15) is 9.59 Å². The molecule has 5 nitrogen and oxygen atoms in total. The fourth-order valence-electron chi connectivity index (χ4n) is 1.04. The lowest BCUT2D eigenvalue weighted by atomic mass is 10.3. The number of rotatable bonds is 5. The Morgan fingerprint density at radius 3 is 2.53 bits per heavy atom. The first-order valence-corrected chi connectivity index (χ1v) is 4.88. The van der Waals surface area contributed by atoms with E-state index in [0.717, 1.165) is 0 Å². The molecule has 0 aliphatic carbocycles. The number of hydrogen-bond donors (Lipinski definition) is 1. The Morgan fingerprint density at radius 1 is 1.29 bits per heavy atom. The molecule has 0 aliphatic rings. The fourth-order valence-corrected chi connectivity index (χ4v) is 1.04. The van der Waals surface area contributed by atoms with E-state index in [1.54, 1.807) is 24.3 Å². The molecule has 1 rings (SSSR count). The van der Waals surface area contributed by atoms with Crippen LogP contribution in [0.3, 0.4) is 0 Å². The van der Waals surface area contributed by atoms with Crippen LogP contribution in [0.15, 0.2) is 42.6 Å². The Bertz CT molecular complexity index is 414. The number of nitrogens with one attached hydrogen (secondary N) is 1. The summed E-state index contributed by atoms with van der Waals surface area (Å²) < 4.78 is 9.56. The predicted molar refractivity (Wildman–Crippen MR) is 61.2 cm³/mol. The highest BCUT2D eigenvalue weighted by Gasteiger charge is 2.10. The molecule has 0 fully saturated rings. The van der Waals surface area contributed by atoms with Gasteiger partial charge in [-0.3, -0.25) is 4.79 Å². The van der Waals surface area contributed by atoms with Crippen LogP contribution in [0.2, 0.25) is 0 Å². The van der Waals surface area contributed by atoms with Gasteiger partial charge in [-0.15, -0.1) is 0 Å². The number of benzene rings is 1. The normalized spacial score (nSPS) is 9.24. The first-order chi connectivity index (χ1) is 8.13. The zero-order valence-electron chi connectivity index (χ0n) is 9.43. The molecule has 0 bridgehead atoms. The highest BCUT2D eigenvalue weighted by molar-refractivity contribution is 5.93. The van der Waals surface area contributed by atoms with Gasteiger partial charge >= 0.3 is 5.97 Å². The zero-order valence-corrected chi connectivity index (χ0v) is 9.43. The lowest BCUT2D eigenvalue weighted by Crippen LogP contribution is -2.31. The van der Waals surface area contributed by atoms with Crippen LogP contribution >= 0.6 is 0 Å². The number of esters is 1. The summed E-state index contributed by atoms with van der Waals surface area (Å²) in [6, 6.07) is 8.87. The van der Waals surface area contributed by atoms with Gasteiger partial charge in [0, 0.05) is 0 Å². The first kappa shape index (κ1) is 12.8. The van der Waals surface area contributed by atoms with Crippen LogP contribution in [0, 0.1) is 0 Å². The molecule has 0 saturated heterocycles. The van der Waals surface area contributed by atoms with E-state index in [-0.39, 0.29) is 12.3 Å². The second-order valence-electron chi connectivity index (χ2n) is 3.12. The predicted octanol–water partition coefficient (Wildman–Crippen LogP) is 0.868. The molecule has 0 aromatic heterocycles. The number of hydrogen-bond acceptors (Lipinski definition) is 4. The van der Waals surface area contributed by atoms with Crippen LogP contribution in [-0.4, -0.2) is 25.6 Å². The molecular formula is C12H13NO4. The molecule has 1 aromatic carbocycles. The average Bonchev–Trinajstić information content (AvgIpc) is 2.36. The molecule has 1 aromatic rings. The van der Waals surface area contributed by atoms with Crippen LogP contribution in [0.5, 0.6) is 5.75 Å². The van der Waals surface area contributed by atoms with Gasteiger partial charge in [0.05, 0.1) is 7.11 Å². The first-order valence-electron chi connectivity index (χ1n) is 4.88. The van der Waals surface area contributed by atoms with Gasteiger partial charge in [0.2, 0.25) is 0 Å². The summed E-state index contributed by atoms with van der Waals surface area (Å²) in [6.45, 7) is 3.16. The second kappa shape index (κ2) is 6.32. The van der Waals surface area contributed by atoms with E-state index in [2.05, 4.69) is 16.6 Å². The van der Waals surface area contributed by atoms with E-state index >= 15 is 0 Å². The summed E-state index contributed by atoms with van der Waals surface area (Å²) >= 11 is 0. The Hall–Kier alpha value is -2.30. The van der Waals surface area contributed by atoms with Crippen molar-refractivity contribution in [1.82, 2.24) is 5.32 Å². The highest BCUT2D eigenvalue weighted by atomic mass is 16.5. The van der Waals surface area contributed by atoms with Gasteiger partial charge in [-0.1, -0.05) is 24.8 Å². The summed E-state index contributed by atoms with van der Waals surface area (Å²) in [5.41, 5.74) is -0.117. The van der Waals surface area contributed by atoms with Gasteiger partial charge in [-0.25, -0.2) is 4.79 Å². The van der Waals surface area contributed by atoms with Crippen molar-refractivity contribution < 1.29 is 19.1 Å². The second-order valence-corrected chi connectivity index (χ2v) is 3.12. The van der Waals surface area contributed by atoms with Crippen molar-refractivity contribution in [2.24, 2.45) is 0 Å². The van der Waals surface area contributed by atoms with E-state index in [4.69, 9.17) is 4.74 Å². The molecule has 5 heteroatoms. The molecule has 0 unspecified atom stereocenters. The number of carbonyl (C=O) groups is 2. The van der Waals surface area contributed by atoms with Crippen LogP contribution in [0.1, 0.15) is 0 Å². The van der Waals surface area contributed by atoms with Gasteiger partial charge in [-0.05, 0) is 12.1 Å². The number of carbonyl (C=O) groups excluding carboxylic acids is 2. The Morgan fingerprint density at radius 2 is 1.94 bits per heavy atom. The standard InChI is InChI=1S/C12H13NO4/c1-9(12(15)16-2)13-11(14)8-17-10-6-4-3-5-7-10/h3-7H,1,8H2,2H3,(H,13,14). The quantitative estimate of drug-likeness (QED) is 0.607. The molecule has 0 saturated carbocycles. The van der Waals surface area contributed by atoms with Gasteiger partial charge < -0.3 is 14.8 Å². The molecule has 0 aliphatic heterocycles. The third-order valence-electron chi connectivity index (χ3n) is 1.84. The minimum Gasteiger partial charge on any atom is -0.484 e. The molecule has 0 atom stereocenters. The van der Waals surface area contributed by atoms with E-state index < -0.39 is 11.9 Å². The van der Waals surface area contributed by atoms with Crippen molar-refractivity contribution >= 4 is 11.9 Å². The molecule has 1 N–H and O–H groups in total. The molecule has 90 valence electrons. The third-order valence-corrected chi connectivity index (χ3v) is 1.84. The van der Waals surface area contributed by atoms with Crippen LogP contribution in [0.4, 0.5) is 0 Å². The maximum atomic E-state index is 11.3. The largest absolute Gasteiger partial charge is 0.484 e. The lowest BCUT2D eigenvalue weighted by Gasteiger charge is -2.07. The number of para-hydroxylation sites is 1. The monoisotopic (exact) mass is 235 g/mol. The maximum Gasteiger partial charge on any atom is 0.353 e. The van der Waals surface area contributed by atoms with E-state index in [0.29, 0.717) is 5.75 Å². The van der Waals surface area contributed by atoms with Crippen LogP contribution in [-0.2, 0) is 14.3 Å². The van der Waals surface area contributed by atoms with Crippen molar-refractivity contribution in [2.75, 3.05) is 13.7 Å². The van der Waals surface area contributed by atoms with Crippen molar-refractivity contribution in [3.05, 3.63) is 42.6 Å². The zero-order chi connectivity index (χ0) is 12.7. The Labute approximate surface area is 99.0 Å². The Balaban J connectivity index is 2.36. The number of ether oxygens (including phenoxy) is 2. The van der Waals surface area contributed by atoms with Crippen molar-refractivity contribution in [2.45, 2.75) is 0 Å². The number of methoxy groups -OCH3 is 1. The molecule has 0 heterocycles. The summed E-state index contributed by atoms with van der Waals surface area (Å²) in [5.74, 6) is -0.575. The summed E-state index contributed by atoms with van der Waals surface area (Å²) in [4.78, 5) is 22.3. The van der Waals surface area contributed by atoms with Crippen molar-refractivity contribution in [3.63, 3.8) is 0 Å². The summed E-state index contributed by atoms with van der Waals surface area (Å²) in [5, 5.41) is 2.27. The van der Waals surface area contributed by atoms with E-state index in [1.165, 1.54) is 7.11 Å². The van der Waals surface area contributed by atoms with Gasteiger partial charge in [0.15, 0.2) is 6.61 Å². The lowest BCUT2D eigenvalue weighted by molar-refractivity contribution is -0.138. The van der Waals surface area contributed by atoms with Crippen LogP contribution < -0.4 is 10.1 Å². The van der Waals surface area contributed by atoms with Gasteiger partial charge in [-0.2, -0.15) is 0 Å². The molecule has 0 radical (unpaired) electrons. The SMILES string of the molecule is C=C(NC(=O)COc1ccccc1)C(=O)OC. The average molecular weight is 235 g/mol. The van der Waals surface area contributed by atoms with Gasteiger partial charge in [0.25, 0.3) is 5.91 Å².